The minimum atomic E-state index is -0.207. The van der Waals surface area contributed by atoms with Gasteiger partial charge in [-0.3, -0.25) is 0 Å². The lowest BCUT2D eigenvalue weighted by Gasteiger charge is -2.29. The van der Waals surface area contributed by atoms with Gasteiger partial charge < -0.3 is 10.1 Å². The van der Waals surface area contributed by atoms with Crippen LogP contribution in [0.2, 0.25) is 0 Å². The second kappa shape index (κ2) is 6.54. The van der Waals surface area contributed by atoms with Crippen molar-refractivity contribution in [3.8, 4) is 0 Å². The van der Waals surface area contributed by atoms with Gasteiger partial charge in [0.2, 0.25) is 0 Å². The smallest absolute Gasteiger partial charge is 0.124 e. The largest absolute Gasteiger partial charge is 0.375 e. The van der Waals surface area contributed by atoms with Crippen LogP contribution in [0.25, 0.3) is 0 Å². The number of hydrogen-bond acceptors (Lipinski definition) is 2. The lowest BCUT2D eigenvalue weighted by atomic mass is 9.81. The van der Waals surface area contributed by atoms with Gasteiger partial charge in [-0.05, 0) is 50.9 Å². The molecular formula is C16H23BrFNO. The van der Waals surface area contributed by atoms with Gasteiger partial charge in [-0.15, -0.1) is 0 Å². The lowest BCUT2D eigenvalue weighted by Crippen LogP contribution is -2.41. The zero-order chi connectivity index (χ0) is 14.9. The van der Waals surface area contributed by atoms with E-state index in [1.165, 1.54) is 12.1 Å². The van der Waals surface area contributed by atoms with Crippen molar-refractivity contribution in [2.45, 2.75) is 45.4 Å². The Morgan fingerprint density at radius 1 is 1.30 bits per heavy atom. The van der Waals surface area contributed by atoms with E-state index in [1.807, 2.05) is 13.1 Å². The number of benzene rings is 1. The van der Waals surface area contributed by atoms with E-state index in [0.29, 0.717) is 24.0 Å². The standard InChI is InChI=1S/C16H23BrFNO/c1-9-10(2)20-11(3)16(9)15(19-4)7-12-5-6-13(18)8-14(12)17/h5-6,8-11,15-16,19H,7H2,1-4H3. The topological polar surface area (TPSA) is 21.3 Å². The zero-order valence-electron chi connectivity index (χ0n) is 12.5. The predicted molar refractivity (Wildman–Crippen MR) is 83.3 cm³/mol. The highest BCUT2D eigenvalue weighted by atomic mass is 79.9. The van der Waals surface area contributed by atoms with Crippen molar-refractivity contribution < 1.29 is 9.13 Å². The van der Waals surface area contributed by atoms with Crippen LogP contribution < -0.4 is 5.32 Å². The summed E-state index contributed by atoms with van der Waals surface area (Å²) in [5.74, 6) is 0.773. The maximum atomic E-state index is 13.2. The summed E-state index contributed by atoms with van der Waals surface area (Å²) in [6.07, 6.45) is 1.41. The molecule has 4 heteroatoms. The van der Waals surface area contributed by atoms with Gasteiger partial charge in [-0.2, -0.15) is 0 Å². The Kier molecular flexibility index (Phi) is 5.21. The normalized spacial score (nSPS) is 31.5. The summed E-state index contributed by atoms with van der Waals surface area (Å²) in [6, 6.07) is 5.24. The molecule has 1 N–H and O–H groups in total. The summed E-state index contributed by atoms with van der Waals surface area (Å²) in [7, 11) is 1.99. The summed E-state index contributed by atoms with van der Waals surface area (Å²) in [5.41, 5.74) is 1.13. The molecule has 0 aliphatic carbocycles. The Bertz CT molecular complexity index is 468. The first-order valence-electron chi connectivity index (χ1n) is 7.20. The van der Waals surface area contributed by atoms with Crippen LogP contribution in [0.15, 0.2) is 22.7 Å². The molecule has 2 rings (SSSR count). The maximum absolute atomic E-state index is 13.2. The fourth-order valence-electron chi connectivity index (χ4n) is 3.34. The molecule has 20 heavy (non-hydrogen) atoms. The first-order chi connectivity index (χ1) is 9.43. The summed E-state index contributed by atoms with van der Waals surface area (Å²) in [6.45, 7) is 6.54. The predicted octanol–water partition coefficient (Wildman–Crippen LogP) is 3.78. The van der Waals surface area contributed by atoms with Gasteiger partial charge in [0.15, 0.2) is 0 Å². The average Bonchev–Trinajstić information content (AvgIpc) is 2.63. The van der Waals surface area contributed by atoms with Crippen LogP contribution >= 0.6 is 15.9 Å². The average molecular weight is 344 g/mol. The van der Waals surface area contributed by atoms with Gasteiger partial charge in [-0.25, -0.2) is 4.39 Å². The van der Waals surface area contributed by atoms with Crippen molar-refractivity contribution in [1.29, 1.82) is 0 Å². The van der Waals surface area contributed by atoms with E-state index in [9.17, 15) is 4.39 Å². The Morgan fingerprint density at radius 2 is 2.00 bits per heavy atom. The molecule has 1 aliphatic heterocycles. The maximum Gasteiger partial charge on any atom is 0.124 e. The third-order valence-corrected chi connectivity index (χ3v) is 5.35. The van der Waals surface area contributed by atoms with E-state index in [-0.39, 0.29) is 11.9 Å². The van der Waals surface area contributed by atoms with Gasteiger partial charge >= 0.3 is 0 Å². The van der Waals surface area contributed by atoms with Crippen molar-refractivity contribution in [2.24, 2.45) is 11.8 Å². The van der Waals surface area contributed by atoms with E-state index in [2.05, 4.69) is 42.0 Å². The Morgan fingerprint density at radius 3 is 2.50 bits per heavy atom. The summed E-state index contributed by atoms with van der Waals surface area (Å²) in [4.78, 5) is 0. The van der Waals surface area contributed by atoms with E-state index in [1.54, 1.807) is 0 Å². The second-order valence-electron chi connectivity index (χ2n) is 5.82. The molecule has 112 valence electrons. The highest BCUT2D eigenvalue weighted by molar-refractivity contribution is 9.10. The Balaban J connectivity index is 2.16. The van der Waals surface area contributed by atoms with Crippen molar-refractivity contribution >= 4 is 15.9 Å². The van der Waals surface area contributed by atoms with Gasteiger partial charge in [0.1, 0.15) is 5.82 Å². The minimum Gasteiger partial charge on any atom is -0.375 e. The molecule has 5 unspecified atom stereocenters. The third kappa shape index (κ3) is 3.23. The van der Waals surface area contributed by atoms with E-state index >= 15 is 0 Å². The van der Waals surface area contributed by atoms with Gasteiger partial charge in [-0.1, -0.05) is 28.9 Å². The van der Waals surface area contributed by atoms with Crippen LogP contribution in [0.4, 0.5) is 4.39 Å². The summed E-state index contributed by atoms with van der Waals surface area (Å²) < 4.78 is 20.0. The number of nitrogens with one attached hydrogen (secondary N) is 1. The quantitative estimate of drug-likeness (QED) is 0.898. The van der Waals surface area contributed by atoms with E-state index in [4.69, 9.17) is 4.74 Å². The molecule has 2 nitrogen and oxygen atoms in total. The highest BCUT2D eigenvalue weighted by Crippen LogP contribution is 2.36. The van der Waals surface area contributed by atoms with Crippen LogP contribution in [0.3, 0.4) is 0 Å². The van der Waals surface area contributed by atoms with E-state index < -0.39 is 0 Å². The molecule has 5 atom stereocenters. The van der Waals surface area contributed by atoms with Gasteiger partial charge in [0.25, 0.3) is 0 Å². The minimum absolute atomic E-state index is 0.207. The SMILES string of the molecule is CNC(Cc1ccc(F)cc1Br)C1C(C)OC(C)C1C. The van der Waals surface area contributed by atoms with Crippen molar-refractivity contribution in [2.75, 3.05) is 7.05 Å². The highest BCUT2D eigenvalue weighted by Gasteiger charge is 2.41. The second-order valence-corrected chi connectivity index (χ2v) is 6.67. The molecule has 0 aromatic heterocycles. The molecule has 0 saturated carbocycles. The number of ether oxygens (including phenoxy) is 1. The molecule has 1 fully saturated rings. The van der Waals surface area contributed by atoms with Crippen molar-refractivity contribution in [3.05, 3.63) is 34.1 Å². The first-order valence-corrected chi connectivity index (χ1v) is 8.00. The van der Waals surface area contributed by atoms with Crippen LogP contribution in [-0.2, 0) is 11.2 Å². The number of halogens is 2. The molecule has 1 heterocycles. The molecule has 1 aromatic carbocycles. The first kappa shape index (κ1) is 15.9. The molecule has 0 amide bonds. The summed E-state index contributed by atoms with van der Waals surface area (Å²) >= 11 is 3.46. The van der Waals surface area contributed by atoms with Gasteiger partial charge in [0, 0.05) is 16.4 Å². The van der Waals surface area contributed by atoms with E-state index in [0.717, 1.165) is 16.5 Å². The summed E-state index contributed by atoms with van der Waals surface area (Å²) in [5, 5.41) is 3.42. The van der Waals surface area contributed by atoms with Crippen molar-refractivity contribution in [1.82, 2.24) is 5.32 Å². The fraction of sp³-hybridized carbons (Fsp3) is 0.625. The molecule has 1 saturated heterocycles. The molecule has 0 bridgehead atoms. The number of hydrogen-bond donors (Lipinski definition) is 1. The van der Waals surface area contributed by atoms with Crippen LogP contribution in [0.1, 0.15) is 26.3 Å². The monoisotopic (exact) mass is 343 g/mol. The number of rotatable bonds is 4. The van der Waals surface area contributed by atoms with Crippen LogP contribution in [0.5, 0.6) is 0 Å². The molecule has 0 radical (unpaired) electrons. The third-order valence-electron chi connectivity index (χ3n) is 4.61. The Labute approximate surface area is 129 Å². The zero-order valence-corrected chi connectivity index (χ0v) is 14.1. The Hall–Kier alpha value is -0.450. The fourth-order valence-corrected chi connectivity index (χ4v) is 3.85. The molecule has 1 aliphatic rings. The van der Waals surface area contributed by atoms with Gasteiger partial charge in [0.05, 0.1) is 12.2 Å². The molecule has 0 spiro atoms. The molecule has 1 aromatic rings. The van der Waals surface area contributed by atoms with Crippen molar-refractivity contribution in [3.63, 3.8) is 0 Å². The lowest BCUT2D eigenvalue weighted by molar-refractivity contribution is 0.0479. The number of likely N-dealkylation sites (N-methyl/N-ethyl adjacent to an activating group) is 1. The van der Waals surface area contributed by atoms with Crippen LogP contribution in [0, 0.1) is 17.7 Å². The van der Waals surface area contributed by atoms with Crippen LogP contribution in [-0.4, -0.2) is 25.3 Å². The molecular weight excluding hydrogens is 321 g/mol.